The van der Waals surface area contributed by atoms with E-state index in [9.17, 15) is 4.79 Å². The zero-order valence-corrected chi connectivity index (χ0v) is 12.7. The van der Waals surface area contributed by atoms with Gasteiger partial charge in [0.25, 0.3) is 5.91 Å². The lowest BCUT2D eigenvalue weighted by Crippen LogP contribution is -2.32. The van der Waals surface area contributed by atoms with Gasteiger partial charge in [0, 0.05) is 31.2 Å². The molecule has 6 heteroatoms. The molecule has 0 unspecified atom stereocenters. The molecule has 3 rings (SSSR count). The normalized spacial score (nSPS) is 14.0. The van der Waals surface area contributed by atoms with Crippen molar-refractivity contribution in [1.29, 1.82) is 0 Å². The molecule has 1 fully saturated rings. The van der Waals surface area contributed by atoms with Crippen molar-refractivity contribution in [3.63, 3.8) is 0 Å². The van der Waals surface area contributed by atoms with Crippen LogP contribution < -0.4 is 0 Å². The molecule has 0 atom stereocenters. The van der Waals surface area contributed by atoms with Gasteiger partial charge in [0.05, 0.1) is 10.6 Å². The van der Waals surface area contributed by atoms with Crippen LogP contribution in [0.2, 0.25) is 10.2 Å². The highest BCUT2D eigenvalue weighted by Gasteiger charge is 2.33. The second kappa shape index (κ2) is 6.00. The van der Waals surface area contributed by atoms with E-state index in [4.69, 9.17) is 23.2 Å². The zero-order chi connectivity index (χ0) is 14.8. The van der Waals surface area contributed by atoms with Crippen LogP contribution in [0.3, 0.4) is 0 Å². The predicted octanol–water partition coefficient (Wildman–Crippen LogP) is 3.59. The van der Waals surface area contributed by atoms with Crippen LogP contribution in [-0.4, -0.2) is 26.8 Å². The Labute approximate surface area is 132 Å². The number of rotatable bonds is 4. The van der Waals surface area contributed by atoms with Crippen molar-refractivity contribution in [1.82, 2.24) is 14.9 Å². The van der Waals surface area contributed by atoms with Crippen LogP contribution in [0.5, 0.6) is 0 Å². The SMILES string of the molecule is O=C(c1cnc(Cl)c(Cl)c1)N(Cc1cccnc1)C1CC1. The van der Waals surface area contributed by atoms with Gasteiger partial charge in [-0.1, -0.05) is 29.3 Å². The lowest BCUT2D eigenvalue weighted by molar-refractivity contribution is 0.0729. The summed E-state index contributed by atoms with van der Waals surface area (Å²) in [5.41, 5.74) is 1.46. The maximum atomic E-state index is 12.7. The molecule has 0 radical (unpaired) electrons. The summed E-state index contributed by atoms with van der Waals surface area (Å²) >= 11 is 11.7. The van der Waals surface area contributed by atoms with E-state index in [1.165, 1.54) is 6.20 Å². The number of hydrogen-bond donors (Lipinski definition) is 0. The summed E-state index contributed by atoms with van der Waals surface area (Å²) in [5, 5.41) is 0.498. The average Bonchev–Trinajstić information content (AvgIpc) is 3.33. The first-order chi connectivity index (χ1) is 10.1. The Morgan fingerprint density at radius 1 is 1.33 bits per heavy atom. The molecule has 2 aromatic heterocycles. The molecule has 4 nitrogen and oxygen atoms in total. The second-order valence-electron chi connectivity index (χ2n) is 5.02. The molecule has 0 saturated heterocycles. The van der Waals surface area contributed by atoms with E-state index in [2.05, 4.69) is 9.97 Å². The van der Waals surface area contributed by atoms with Crippen LogP contribution >= 0.6 is 23.2 Å². The van der Waals surface area contributed by atoms with Crippen molar-refractivity contribution in [2.45, 2.75) is 25.4 Å². The van der Waals surface area contributed by atoms with Crippen LogP contribution in [0, 0.1) is 0 Å². The molecular formula is C15H13Cl2N3O. The average molecular weight is 322 g/mol. The van der Waals surface area contributed by atoms with Gasteiger partial charge in [-0.05, 0) is 30.5 Å². The van der Waals surface area contributed by atoms with Crippen LogP contribution in [0.1, 0.15) is 28.8 Å². The van der Waals surface area contributed by atoms with Gasteiger partial charge in [-0.25, -0.2) is 4.98 Å². The second-order valence-corrected chi connectivity index (χ2v) is 5.79. The van der Waals surface area contributed by atoms with Gasteiger partial charge in [-0.3, -0.25) is 9.78 Å². The lowest BCUT2D eigenvalue weighted by Gasteiger charge is -2.22. The maximum Gasteiger partial charge on any atom is 0.256 e. The number of carbonyl (C=O) groups is 1. The number of halogens is 2. The first-order valence-electron chi connectivity index (χ1n) is 6.66. The highest BCUT2D eigenvalue weighted by atomic mass is 35.5. The molecule has 0 aliphatic heterocycles. The summed E-state index contributed by atoms with van der Waals surface area (Å²) in [7, 11) is 0. The molecule has 0 aromatic carbocycles. The number of aromatic nitrogens is 2. The van der Waals surface area contributed by atoms with E-state index < -0.39 is 0 Å². The fraction of sp³-hybridized carbons (Fsp3) is 0.267. The summed E-state index contributed by atoms with van der Waals surface area (Å²) in [5.74, 6) is -0.0765. The highest BCUT2D eigenvalue weighted by molar-refractivity contribution is 6.41. The van der Waals surface area contributed by atoms with Crippen LogP contribution in [-0.2, 0) is 6.54 Å². The monoisotopic (exact) mass is 321 g/mol. The Kier molecular flexibility index (Phi) is 4.08. The summed E-state index contributed by atoms with van der Waals surface area (Å²) in [6.07, 6.45) is 7.02. The third-order valence-corrected chi connectivity index (χ3v) is 4.05. The van der Waals surface area contributed by atoms with Crippen molar-refractivity contribution in [2.24, 2.45) is 0 Å². The van der Waals surface area contributed by atoms with Crippen molar-refractivity contribution < 1.29 is 4.79 Å². The van der Waals surface area contributed by atoms with E-state index in [0.29, 0.717) is 17.1 Å². The van der Waals surface area contributed by atoms with Gasteiger partial charge in [0.2, 0.25) is 0 Å². The van der Waals surface area contributed by atoms with Gasteiger partial charge in [-0.2, -0.15) is 0 Å². The first-order valence-corrected chi connectivity index (χ1v) is 7.41. The van der Waals surface area contributed by atoms with Gasteiger partial charge >= 0.3 is 0 Å². The standard InChI is InChI=1S/C15H13Cl2N3O/c16-13-6-11(8-19-14(13)17)15(21)20(12-3-4-12)9-10-2-1-5-18-7-10/h1-2,5-8,12H,3-4,9H2. The topological polar surface area (TPSA) is 46.1 Å². The molecular weight excluding hydrogens is 309 g/mol. The highest BCUT2D eigenvalue weighted by Crippen LogP contribution is 2.30. The minimum atomic E-state index is -0.0765. The minimum absolute atomic E-state index is 0.0765. The van der Waals surface area contributed by atoms with Gasteiger partial charge in [0.15, 0.2) is 0 Å². The predicted molar refractivity (Wildman–Crippen MR) is 81.4 cm³/mol. The number of amides is 1. The van der Waals surface area contributed by atoms with Crippen molar-refractivity contribution in [3.05, 3.63) is 58.1 Å². The van der Waals surface area contributed by atoms with Crippen LogP contribution in [0.25, 0.3) is 0 Å². The fourth-order valence-electron chi connectivity index (χ4n) is 2.15. The van der Waals surface area contributed by atoms with Gasteiger partial charge in [-0.15, -0.1) is 0 Å². The Bertz CT molecular complexity index is 659. The van der Waals surface area contributed by atoms with E-state index in [1.54, 1.807) is 18.5 Å². The molecule has 1 aliphatic carbocycles. The number of nitrogens with zero attached hydrogens (tertiary/aromatic N) is 3. The number of pyridine rings is 2. The smallest absolute Gasteiger partial charge is 0.256 e. The van der Waals surface area contributed by atoms with E-state index in [0.717, 1.165) is 18.4 Å². The molecule has 21 heavy (non-hydrogen) atoms. The van der Waals surface area contributed by atoms with Crippen molar-refractivity contribution in [2.75, 3.05) is 0 Å². The van der Waals surface area contributed by atoms with Crippen molar-refractivity contribution in [3.8, 4) is 0 Å². The van der Waals surface area contributed by atoms with E-state index in [1.807, 2.05) is 17.0 Å². The first kappa shape index (κ1) is 14.3. The van der Waals surface area contributed by atoms with Crippen molar-refractivity contribution >= 4 is 29.1 Å². The van der Waals surface area contributed by atoms with E-state index >= 15 is 0 Å². The van der Waals surface area contributed by atoms with E-state index in [-0.39, 0.29) is 17.1 Å². The fourth-order valence-corrected chi connectivity index (χ4v) is 2.41. The summed E-state index contributed by atoms with van der Waals surface area (Å²) in [4.78, 5) is 22.5. The molecule has 2 aromatic rings. The molecule has 0 spiro atoms. The summed E-state index contributed by atoms with van der Waals surface area (Å²) in [6.45, 7) is 0.539. The minimum Gasteiger partial charge on any atom is -0.331 e. The molecule has 0 N–H and O–H groups in total. The third-order valence-electron chi connectivity index (χ3n) is 3.37. The molecule has 108 valence electrons. The largest absolute Gasteiger partial charge is 0.331 e. The molecule has 1 aliphatic rings. The number of hydrogen-bond acceptors (Lipinski definition) is 3. The molecule has 1 saturated carbocycles. The number of carbonyl (C=O) groups excluding carboxylic acids is 1. The third kappa shape index (κ3) is 3.34. The Morgan fingerprint density at radius 2 is 2.14 bits per heavy atom. The van der Waals surface area contributed by atoms with Gasteiger partial charge in [0.1, 0.15) is 5.15 Å². The molecule has 2 heterocycles. The van der Waals surface area contributed by atoms with Crippen LogP contribution in [0.4, 0.5) is 0 Å². The molecule has 1 amide bonds. The Hall–Kier alpha value is -1.65. The van der Waals surface area contributed by atoms with Gasteiger partial charge < -0.3 is 4.90 Å². The van der Waals surface area contributed by atoms with Crippen LogP contribution in [0.15, 0.2) is 36.8 Å². The molecule has 0 bridgehead atoms. The summed E-state index contributed by atoms with van der Waals surface area (Å²) < 4.78 is 0. The lowest BCUT2D eigenvalue weighted by atomic mass is 10.2. The zero-order valence-electron chi connectivity index (χ0n) is 11.2. The Morgan fingerprint density at radius 3 is 2.76 bits per heavy atom. The quantitative estimate of drug-likeness (QED) is 0.808. The summed E-state index contributed by atoms with van der Waals surface area (Å²) in [6, 6.07) is 5.68. The maximum absolute atomic E-state index is 12.7. The Balaban J connectivity index is 1.83.